The Bertz CT molecular complexity index is 797. The number of anilines is 1. The lowest BCUT2D eigenvalue weighted by molar-refractivity contribution is -0.115. The van der Waals surface area contributed by atoms with Gasteiger partial charge in [0.2, 0.25) is 5.91 Å². The van der Waals surface area contributed by atoms with E-state index in [9.17, 15) is 9.18 Å². The maximum atomic E-state index is 12.9. The van der Waals surface area contributed by atoms with Gasteiger partial charge in [-0.05, 0) is 48.4 Å². The summed E-state index contributed by atoms with van der Waals surface area (Å²) in [5.41, 5.74) is 1.51. The van der Waals surface area contributed by atoms with Crippen molar-refractivity contribution in [3.63, 3.8) is 0 Å². The van der Waals surface area contributed by atoms with Gasteiger partial charge in [-0.2, -0.15) is 0 Å². The predicted octanol–water partition coefficient (Wildman–Crippen LogP) is 2.83. The molecule has 0 spiro atoms. The van der Waals surface area contributed by atoms with Crippen LogP contribution in [0.25, 0.3) is 0 Å². The van der Waals surface area contributed by atoms with Gasteiger partial charge in [-0.3, -0.25) is 9.79 Å². The van der Waals surface area contributed by atoms with Gasteiger partial charge in [-0.15, -0.1) is 0 Å². The number of halogens is 2. The third kappa shape index (κ3) is 6.79. The molecule has 0 saturated carbocycles. The third-order valence-electron chi connectivity index (χ3n) is 3.71. The fourth-order valence-electron chi connectivity index (χ4n) is 2.30. The first kappa shape index (κ1) is 20.5. The number of hydrogen-bond donors (Lipinski definition) is 3. The standard InChI is InChI=1S/C19H22ClFN4O2/c1-22-19(23-10-9-13-3-8-16(27-2)11-17(13)20)24-12-18(26)25-15-6-4-14(21)5-7-15/h3-8,11H,9-10,12H2,1-2H3,(H,25,26)(H2,22,23,24). The van der Waals surface area contributed by atoms with E-state index in [0.717, 1.165) is 5.56 Å². The lowest BCUT2D eigenvalue weighted by Gasteiger charge is -2.13. The van der Waals surface area contributed by atoms with Crippen molar-refractivity contribution in [3.8, 4) is 5.75 Å². The first-order valence-corrected chi connectivity index (χ1v) is 8.72. The summed E-state index contributed by atoms with van der Waals surface area (Å²) in [4.78, 5) is 16.0. The van der Waals surface area contributed by atoms with Gasteiger partial charge in [0.1, 0.15) is 11.6 Å². The second kappa shape index (κ2) is 10.4. The minimum atomic E-state index is -0.354. The van der Waals surface area contributed by atoms with Crippen molar-refractivity contribution in [2.24, 2.45) is 4.99 Å². The minimum Gasteiger partial charge on any atom is -0.497 e. The van der Waals surface area contributed by atoms with Gasteiger partial charge in [0.15, 0.2) is 5.96 Å². The summed E-state index contributed by atoms with van der Waals surface area (Å²) in [5.74, 6) is 0.589. The van der Waals surface area contributed by atoms with Gasteiger partial charge >= 0.3 is 0 Å². The van der Waals surface area contributed by atoms with E-state index < -0.39 is 0 Å². The molecule has 6 nitrogen and oxygen atoms in total. The second-order valence-electron chi connectivity index (χ2n) is 5.61. The predicted molar refractivity (Wildman–Crippen MR) is 106 cm³/mol. The number of rotatable bonds is 7. The molecule has 2 aromatic carbocycles. The summed E-state index contributed by atoms with van der Waals surface area (Å²) in [7, 11) is 3.21. The van der Waals surface area contributed by atoms with E-state index in [0.29, 0.717) is 35.4 Å². The van der Waals surface area contributed by atoms with E-state index in [4.69, 9.17) is 16.3 Å². The van der Waals surface area contributed by atoms with E-state index in [2.05, 4.69) is 20.9 Å². The van der Waals surface area contributed by atoms with Crippen LogP contribution >= 0.6 is 11.6 Å². The number of methoxy groups -OCH3 is 1. The number of aliphatic imine (C=N–C) groups is 1. The molecule has 144 valence electrons. The molecule has 2 rings (SSSR count). The Balaban J connectivity index is 1.75. The number of carbonyl (C=O) groups excluding carboxylic acids is 1. The molecule has 0 aliphatic carbocycles. The van der Waals surface area contributed by atoms with Crippen molar-refractivity contribution in [2.45, 2.75) is 6.42 Å². The summed E-state index contributed by atoms with van der Waals surface area (Å²) in [5, 5.41) is 9.35. The number of guanidine groups is 1. The smallest absolute Gasteiger partial charge is 0.243 e. The fourth-order valence-corrected chi connectivity index (χ4v) is 2.56. The van der Waals surface area contributed by atoms with Gasteiger partial charge in [-0.1, -0.05) is 17.7 Å². The highest BCUT2D eigenvalue weighted by atomic mass is 35.5. The Labute approximate surface area is 162 Å². The number of nitrogens with zero attached hydrogens (tertiary/aromatic N) is 1. The molecule has 8 heteroatoms. The molecule has 0 heterocycles. The largest absolute Gasteiger partial charge is 0.497 e. The summed E-state index contributed by atoms with van der Waals surface area (Å²) in [6.07, 6.45) is 0.686. The topological polar surface area (TPSA) is 74.8 Å². The van der Waals surface area contributed by atoms with E-state index in [1.807, 2.05) is 12.1 Å². The molecule has 0 atom stereocenters. The fraction of sp³-hybridized carbons (Fsp3) is 0.263. The first-order valence-electron chi connectivity index (χ1n) is 8.34. The van der Waals surface area contributed by atoms with Gasteiger partial charge < -0.3 is 20.7 Å². The van der Waals surface area contributed by atoms with Crippen LogP contribution in [0.2, 0.25) is 5.02 Å². The first-order chi connectivity index (χ1) is 13.0. The van der Waals surface area contributed by atoms with Crippen LogP contribution in [-0.2, 0) is 11.2 Å². The highest BCUT2D eigenvalue weighted by Gasteiger charge is 2.06. The number of nitrogens with one attached hydrogen (secondary N) is 3. The van der Waals surface area contributed by atoms with Crippen LogP contribution in [0, 0.1) is 5.82 Å². The molecular formula is C19H22ClFN4O2. The van der Waals surface area contributed by atoms with Gasteiger partial charge in [0, 0.05) is 24.3 Å². The van der Waals surface area contributed by atoms with E-state index >= 15 is 0 Å². The molecule has 0 aromatic heterocycles. The Hall–Kier alpha value is -2.80. The SMILES string of the molecule is CN=C(NCCc1ccc(OC)cc1Cl)NCC(=O)Nc1ccc(F)cc1. The Morgan fingerprint density at radius 3 is 2.56 bits per heavy atom. The molecule has 0 fully saturated rings. The summed E-state index contributed by atoms with van der Waals surface area (Å²) in [6, 6.07) is 11.1. The van der Waals surface area contributed by atoms with Gasteiger partial charge in [0.05, 0.1) is 13.7 Å². The van der Waals surface area contributed by atoms with Gasteiger partial charge in [0.25, 0.3) is 0 Å². The zero-order valence-electron chi connectivity index (χ0n) is 15.2. The average molecular weight is 393 g/mol. The molecule has 1 amide bonds. The van der Waals surface area contributed by atoms with Crippen molar-refractivity contribution < 1.29 is 13.9 Å². The zero-order valence-corrected chi connectivity index (χ0v) is 15.9. The van der Waals surface area contributed by atoms with Crippen LogP contribution in [0.4, 0.5) is 10.1 Å². The molecule has 0 saturated heterocycles. The molecule has 0 aliphatic heterocycles. The highest BCUT2D eigenvalue weighted by molar-refractivity contribution is 6.31. The molecule has 0 bridgehead atoms. The Morgan fingerprint density at radius 1 is 1.19 bits per heavy atom. The average Bonchev–Trinajstić information content (AvgIpc) is 2.67. The second-order valence-corrected chi connectivity index (χ2v) is 6.02. The number of amides is 1. The summed E-state index contributed by atoms with van der Waals surface area (Å²) >= 11 is 6.22. The Morgan fingerprint density at radius 2 is 1.93 bits per heavy atom. The minimum absolute atomic E-state index is 0.0281. The number of hydrogen-bond acceptors (Lipinski definition) is 3. The number of carbonyl (C=O) groups is 1. The van der Waals surface area contributed by atoms with Crippen molar-refractivity contribution in [1.29, 1.82) is 0 Å². The molecule has 0 radical (unpaired) electrons. The number of ether oxygens (including phenoxy) is 1. The van der Waals surface area contributed by atoms with E-state index in [1.165, 1.54) is 24.3 Å². The van der Waals surface area contributed by atoms with Crippen LogP contribution in [0.15, 0.2) is 47.5 Å². The number of benzene rings is 2. The molecule has 3 N–H and O–H groups in total. The van der Waals surface area contributed by atoms with Gasteiger partial charge in [-0.25, -0.2) is 4.39 Å². The maximum Gasteiger partial charge on any atom is 0.243 e. The van der Waals surface area contributed by atoms with Crippen molar-refractivity contribution in [3.05, 3.63) is 58.9 Å². The van der Waals surface area contributed by atoms with Crippen LogP contribution in [0.3, 0.4) is 0 Å². The molecule has 0 unspecified atom stereocenters. The maximum absolute atomic E-state index is 12.9. The lowest BCUT2D eigenvalue weighted by Crippen LogP contribution is -2.42. The molecule has 2 aromatic rings. The van der Waals surface area contributed by atoms with Crippen molar-refractivity contribution >= 4 is 29.2 Å². The molecule has 27 heavy (non-hydrogen) atoms. The molecule has 0 aliphatic rings. The van der Waals surface area contributed by atoms with Crippen molar-refractivity contribution in [1.82, 2.24) is 10.6 Å². The van der Waals surface area contributed by atoms with E-state index in [-0.39, 0.29) is 18.3 Å². The highest BCUT2D eigenvalue weighted by Crippen LogP contribution is 2.22. The van der Waals surface area contributed by atoms with Crippen LogP contribution in [0.5, 0.6) is 5.75 Å². The third-order valence-corrected chi connectivity index (χ3v) is 4.07. The lowest BCUT2D eigenvalue weighted by atomic mass is 10.1. The monoisotopic (exact) mass is 392 g/mol. The van der Waals surface area contributed by atoms with E-state index in [1.54, 1.807) is 20.2 Å². The molecular weight excluding hydrogens is 371 g/mol. The van der Waals surface area contributed by atoms with Crippen LogP contribution in [0.1, 0.15) is 5.56 Å². The summed E-state index contributed by atoms with van der Waals surface area (Å²) < 4.78 is 18.0. The quantitative estimate of drug-likeness (QED) is 0.500. The zero-order chi connectivity index (χ0) is 19.6. The Kier molecular flexibility index (Phi) is 7.88. The normalized spacial score (nSPS) is 11.0. The van der Waals surface area contributed by atoms with Crippen LogP contribution in [-0.4, -0.2) is 39.1 Å². The summed E-state index contributed by atoms with van der Waals surface area (Å²) in [6.45, 7) is 0.617. The van der Waals surface area contributed by atoms with Crippen molar-refractivity contribution in [2.75, 3.05) is 32.6 Å². The van der Waals surface area contributed by atoms with Crippen LogP contribution < -0.4 is 20.7 Å².